The summed E-state index contributed by atoms with van der Waals surface area (Å²) in [5.74, 6) is -0.213. The fourth-order valence-corrected chi connectivity index (χ4v) is 2.80. The van der Waals surface area contributed by atoms with E-state index in [0.29, 0.717) is 16.4 Å². The molecule has 0 spiro atoms. The number of nitrogens with zero attached hydrogens (tertiary/aromatic N) is 1. The number of amides is 1. The molecule has 0 aliphatic rings. The summed E-state index contributed by atoms with van der Waals surface area (Å²) >= 11 is 5.98. The van der Waals surface area contributed by atoms with E-state index in [-0.39, 0.29) is 5.91 Å². The van der Waals surface area contributed by atoms with E-state index in [1.807, 2.05) is 42.5 Å². The summed E-state index contributed by atoms with van der Waals surface area (Å²) in [4.78, 5) is 19.9. The molecular formula is C18H12ClN3O. The van der Waals surface area contributed by atoms with Gasteiger partial charge in [0.05, 0.1) is 11.2 Å². The normalized spacial score (nSPS) is 11.0. The Kier molecular flexibility index (Phi) is 3.24. The van der Waals surface area contributed by atoms with Gasteiger partial charge in [-0.3, -0.25) is 9.78 Å². The maximum absolute atomic E-state index is 12.5. The van der Waals surface area contributed by atoms with Crippen LogP contribution in [0.2, 0.25) is 5.02 Å². The number of hydrogen-bond acceptors (Lipinski definition) is 2. The molecule has 0 saturated carbocycles. The third-order valence-electron chi connectivity index (χ3n) is 3.71. The molecule has 0 fully saturated rings. The zero-order valence-corrected chi connectivity index (χ0v) is 12.8. The van der Waals surface area contributed by atoms with Crippen LogP contribution in [-0.2, 0) is 0 Å². The van der Waals surface area contributed by atoms with E-state index in [1.165, 1.54) is 0 Å². The maximum Gasteiger partial charge on any atom is 0.272 e. The van der Waals surface area contributed by atoms with Gasteiger partial charge < -0.3 is 10.3 Å². The summed E-state index contributed by atoms with van der Waals surface area (Å²) < 4.78 is 0. The second-order valence-electron chi connectivity index (χ2n) is 5.25. The average molecular weight is 322 g/mol. The molecule has 0 bridgehead atoms. The lowest BCUT2D eigenvalue weighted by Crippen LogP contribution is -2.12. The van der Waals surface area contributed by atoms with Gasteiger partial charge in [0.25, 0.3) is 5.91 Å². The molecule has 2 N–H and O–H groups in total. The Labute approximate surface area is 137 Å². The van der Waals surface area contributed by atoms with Crippen LogP contribution < -0.4 is 5.32 Å². The second-order valence-corrected chi connectivity index (χ2v) is 5.69. The number of H-pyrrole nitrogens is 1. The minimum absolute atomic E-state index is 0.213. The van der Waals surface area contributed by atoms with Crippen LogP contribution in [0.1, 0.15) is 10.5 Å². The molecular weight excluding hydrogens is 310 g/mol. The molecule has 2 aromatic heterocycles. The van der Waals surface area contributed by atoms with Crippen molar-refractivity contribution in [2.75, 3.05) is 5.32 Å². The molecule has 0 aliphatic carbocycles. The molecule has 4 rings (SSSR count). The molecule has 4 nitrogen and oxygen atoms in total. The van der Waals surface area contributed by atoms with Crippen molar-refractivity contribution < 1.29 is 4.79 Å². The number of pyridine rings is 1. The number of para-hydroxylation sites is 1. The van der Waals surface area contributed by atoms with Gasteiger partial charge in [0.2, 0.25) is 0 Å². The standard InChI is InChI=1S/C18H12ClN3O/c19-13-6-7-14-12(9-13)10-16(21-14)18(23)22-15-5-1-3-11-4-2-8-20-17(11)15/h1-10,21H,(H,22,23). The molecule has 4 aromatic rings. The van der Waals surface area contributed by atoms with E-state index >= 15 is 0 Å². The number of carbonyl (C=O) groups excluding carboxylic acids is 1. The van der Waals surface area contributed by atoms with Gasteiger partial charge in [-0.05, 0) is 36.4 Å². The van der Waals surface area contributed by atoms with Gasteiger partial charge in [-0.1, -0.05) is 29.8 Å². The molecule has 0 atom stereocenters. The summed E-state index contributed by atoms with van der Waals surface area (Å²) in [6.07, 6.45) is 1.71. The van der Waals surface area contributed by atoms with Crippen LogP contribution in [0.3, 0.4) is 0 Å². The van der Waals surface area contributed by atoms with Gasteiger partial charge in [-0.15, -0.1) is 0 Å². The lowest BCUT2D eigenvalue weighted by Gasteiger charge is -2.06. The van der Waals surface area contributed by atoms with Crippen LogP contribution in [-0.4, -0.2) is 15.9 Å². The Balaban J connectivity index is 1.70. The van der Waals surface area contributed by atoms with Crippen molar-refractivity contribution in [2.45, 2.75) is 0 Å². The molecule has 112 valence electrons. The van der Waals surface area contributed by atoms with E-state index in [9.17, 15) is 4.79 Å². The lowest BCUT2D eigenvalue weighted by atomic mass is 10.2. The number of carbonyl (C=O) groups is 1. The highest BCUT2D eigenvalue weighted by Gasteiger charge is 2.12. The van der Waals surface area contributed by atoms with E-state index in [2.05, 4.69) is 15.3 Å². The first kappa shape index (κ1) is 13.8. The summed E-state index contributed by atoms with van der Waals surface area (Å²) in [6.45, 7) is 0. The Morgan fingerprint density at radius 2 is 1.91 bits per heavy atom. The Morgan fingerprint density at radius 3 is 2.83 bits per heavy atom. The van der Waals surface area contributed by atoms with Crippen molar-refractivity contribution in [1.29, 1.82) is 0 Å². The van der Waals surface area contributed by atoms with Crippen LogP contribution >= 0.6 is 11.6 Å². The molecule has 0 aliphatic heterocycles. The number of rotatable bonds is 2. The van der Waals surface area contributed by atoms with Crippen LogP contribution in [0, 0.1) is 0 Å². The number of aromatic nitrogens is 2. The zero-order chi connectivity index (χ0) is 15.8. The topological polar surface area (TPSA) is 57.8 Å². The Hall–Kier alpha value is -2.85. The average Bonchev–Trinajstić information content (AvgIpc) is 2.98. The quantitative estimate of drug-likeness (QED) is 0.566. The van der Waals surface area contributed by atoms with Crippen LogP contribution in [0.25, 0.3) is 21.8 Å². The second kappa shape index (κ2) is 5.41. The van der Waals surface area contributed by atoms with Crippen molar-refractivity contribution in [3.8, 4) is 0 Å². The van der Waals surface area contributed by atoms with Gasteiger partial charge in [0.15, 0.2) is 0 Å². The minimum Gasteiger partial charge on any atom is -0.351 e. The number of anilines is 1. The summed E-state index contributed by atoms with van der Waals surface area (Å²) in [5.41, 5.74) is 2.80. The highest BCUT2D eigenvalue weighted by Crippen LogP contribution is 2.23. The van der Waals surface area contributed by atoms with E-state index < -0.39 is 0 Å². The number of benzene rings is 2. The monoisotopic (exact) mass is 321 g/mol. The first-order chi connectivity index (χ1) is 11.2. The SMILES string of the molecule is O=C(Nc1cccc2cccnc12)c1cc2cc(Cl)ccc2[nH]1. The zero-order valence-electron chi connectivity index (χ0n) is 12.0. The first-order valence-electron chi connectivity index (χ1n) is 7.14. The highest BCUT2D eigenvalue weighted by atomic mass is 35.5. The van der Waals surface area contributed by atoms with Crippen molar-refractivity contribution in [1.82, 2.24) is 9.97 Å². The minimum atomic E-state index is -0.213. The Morgan fingerprint density at radius 1 is 1.04 bits per heavy atom. The molecule has 0 radical (unpaired) electrons. The molecule has 0 saturated heterocycles. The lowest BCUT2D eigenvalue weighted by molar-refractivity contribution is 0.102. The molecule has 0 unspecified atom stereocenters. The van der Waals surface area contributed by atoms with Crippen molar-refractivity contribution in [2.24, 2.45) is 0 Å². The van der Waals surface area contributed by atoms with E-state index in [0.717, 1.165) is 21.8 Å². The molecule has 23 heavy (non-hydrogen) atoms. The van der Waals surface area contributed by atoms with Gasteiger partial charge >= 0.3 is 0 Å². The van der Waals surface area contributed by atoms with Gasteiger partial charge in [0, 0.05) is 27.5 Å². The predicted molar refractivity (Wildman–Crippen MR) is 93.0 cm³/mol. The number of halogens is 1. The fraction of sp³-hybridized carbons (Fsp3) is 0. The number of nitrogens with one attached hydrogen (secondary N) is 2. The summed E-state index contributed by atoms with van der Waals surface area (Å²) in [7, 11) is 0. The number of aromatic amines is 1. The summed E-state index contributed by atoms with van der Waals surface area (Å²) in [6, 6.07) is 16.8. The third-order valence-corrected chi connectivity index (χ3v) is 3.94. The largest absolute Gasteiger partial charge is 0.351 e. The summed E-state index contributed by atoms with van der Waals surface area (Å²) in [5, 5.41) is 5.43. The van der Waals surface area contributed by atoms with Crippen LogP contribution in [0.15, 0.2) is 60.8 Å². The molecule has 5 heteroatoms. The maximum atomic E-state index is 12.5. The molecule has 2 aromatic carbocycles. The van der Waals surface area contributed by atoms with E-state index in [4.69, 9.17) is 11.6 Å². The predicted octanol–water partition coefficient (Wildman–Crippen LogP) is 4.62. The Bertz CT molecular complexity index is 1030. The number of fused-ring (bicyclic) bond motifs is 2. The van der Waals surface area contributed by atoms with Gasteiger partial charge in [0.1, 0.15) is 5.69 Å². The molecule has 2 heterocycles. The van der Waals surface area contributed by atoms with Crippen LogP contribution in [0.5, 0.6) is 0 Å². The number of hydrogen-bond donors (Lipinski definition) is 2. The smallest absolute Gasteiger partial charge is 0.272 e. The molecule has 1 amide bonds. The fourth-order valence-electron chi connectivity index (χ4n) is 2.62. The van der Waals surface area contributed by atoms with E-state index in [1.54, 1.807) is 18.3 Å². The highest BCUT2D eigenvalue weighted by molar-refractivity contribution is 6.31. The van der Waals surface area contributed by atoms with Gasteiger partial charge in [-0.25, -0.2) is 0 Å². The van der Waals surface area contributed by atoms with Crippen molar-refractivity contribution in [3.05, 3.63) is 71.5 Å². The first-order valence-corrected chi connectivity index (χ1v) is 7.52. The van der Waals surface area contributed by atoms with Crippen molar-refractivity contribution >= 4 is 45.0 Å². The van der Waals surface area contributed by atoms with Gasteiger partial charge in [-0.2, -0.15) is 0 Å². The van der Waals surface area contributed by atoms with Crippen LogP contribution in [0.4, 0.5) is 5.69 Å². The van der Waals surface area contributed by atoms with Crippen molar-refractivity contribution in [3.63, 3.8) is 0 Å². The third kappa shape index (κ3) is 2.53.